The number of anilines is 1. The van der Waals surface area contributed by atoms with Gasteiger partial charge in [0.2, 0.25) is 0 Å². The van der Waals surface area contributed by atoms with E-state index in [1.54, 1.807) is 6.08 Å². The molecule has 3 heteroatoms. The normalized spacial score (nSPS) is 10.6. The number of hydrogen-bond donors (Lipinski definition) is 1. The van der Waals surface area contributed by atoms with E-state index in [-0.39, 0.29) is 5.97 Å². The summed E-state index contributed by atoms with van der Waals surface area (Å²) in [5, 5.41) is 3.14. The zero-order valence-electron chi connectivity index (χ0n) is 12.5. The van der Waals surface area contributed by atoms with Gasteiger partial charge in [-0.2, -0.15) is 0 Å². The Morgan fingerprint density at radius 1 is 1.19 bits per heavy atom. The molecule has 2 rings (SSSR count). The molecule has 0 bridgehead atoms. The zero-order chi connectivity index (χ0) is 15.2. The van der Waals surface area contributed by atoms with Crippen molar-refractivity contribution in [1.29, 1.82) is 0 Å². The van der Waals surface area contributed by atoms with Gasteiger partial charge in [-0.3, -0.25) is 0 Å². The molecule has 1 N–H and O–H groups in total. The molecular formula is C18H19NO2. The number of benzene rings is 2. The molecule has 0 aliphatic rings. The van der Waals surface area contributed by atoms with Crippen molar-refractivity contribution in [1.82, 2.24) is 0 Å². The first kappa shape index (κ1) is 14.9. The summed E-state index contributed by atoms with van der Waals surface area (Å²) in [6.45, 7) is 2.07. The number of carbonyl (C=O) groups is 1. The van der Waals surface area contributed by atoms with Crippen molar-refractivity contribution in [3.05, 3.63) is 59.7 Å². The van der Waals surface area contributed by atoms with E-state index in [1.807, 2.05) is 25.2 Å². The van der Waals surface area contributed by atoms with Gasteiger partial charge < -0.3 is 10.1 Å². The van der Waals surface area contributed by atoms with E-state index in [0.717, 1.165) is 16.8 Å². The molecule has 0 radical (unpaired) electrons. The summed E-state index contributed by atoms with van der Waals surface area (Å²) in [6.07, 6.45) is 3.18. The molecule has 0 aliphatic carbocycles. The van der Waals surface area contributed by atoms with Gasteiger partial charge in [-0.25, -0.2) is 4.79 Å². The van der Waals surface area contributed by atoms with Crippen LogP contribution in [0.5, 0.6) is 0 Å². The number of ether oxygens (including phenoxy) is 1. The van der Waals surface area contributed by atoms with E-state index in [0.29, 0.717) is 0 Å². The first-order valence-corrected chi connectivity index (χ1v) is 6.79. The van der Waals surface area contributed by atoms with Crippen LogP contribution < -0.4 is 5.32 Å². The minimum atomic E-state index is -0.349. The van der Waals surface area contributed by atoms with Crippen molar-refractivity contribution in [3.63, 3.8) is 0 Å². The molecule has 0 unspecified atom stereocenters. The van der Waals surface area contributed by atoms with Crippen LogP contribution in [0.2, 0.25) is 0 Å². The van der Waals surface area contributed by atoms with E-state index in [1.165, 1.54) is 24.3 Å². The molecule has 0 atom stereocenters. The highest BCUT2D eigenvalue weighted by molar-refractivity contribution is 5.87. The number of aryl methyl sites for hydroxylation is 1. The minimum Gasteiger partial charge on any atom is -0.466 e. The van der Waals surface area contributed by atoms with Crippen LogP contribution >= 0.6 is 0 Å². The smallest absolute Gasteiger partial charge is 0.330 e. The van der Waals surface area contributed by atoms with Gasteiger partial charge in [-0.15, -0.1) is 0 Å². The monoisotopic (exact) mass is 281 g/mol. The third kappa shape index (κ3) is 3.72. The molecule has 21 heavy (non-hydrogen) atoms. The summed E-state index contributed by atoms with van der Waals surface area (Å²) in [5.74, 6) is -0.349. The molecule has 2 aromatic rings. The maximum absolute atomic E-state index is 11.1. The van der Waals surface area contributed by atoms with E-state index in [2.05, 4.69) is 41.2 Å². The first-order chi connectivity index (χ1) is 10.1. The molecule has 0 saturated carbocycles. The van der Waals surface area contributed by atoms with E-state index >= 15 is 0 Å². The predicted molar refractivity (Wildman–Crippen MR) is 87.2 cm³/mol. The molecule has 2 aromatic carbocycles. The fourth-order valence-electron chi connectivity index (χ4n) is 2.19. The number of methoxy groups -OCH3 is 1. The Hall–Kier alpha value is -2.55. The van der Waals surface area contributed by atoms with E-state index < -0.39 is 0 Å². The van der Waals surface area contributed by atoms with Crippen LogP contribution in [-0.2, 0) is 9.53 Å². The number of rotatable bonds is 4. The molecule has 0 heterocycles. The second-order valence-corrected chi connectivity index (χ2v) is 4.76. The second-order valence-electron chi connectivity index (χ2n) is 4.76. The van der Waals surface area contributed by atoms with Gasteiger partial charge in [0, 0.05) is 18.8 Å². The average Bonchev–Trinajstić information content (AvgIpc) is 2.52. The third-order valence-electron chi connectivity index (χ3n) is 3.33. The maximum atomic E-state index is 11.1. The van der Waals surface area contributed by atoms with Crippen LogP contribution in [-0.4, -0.2) is 20.1 Å². The SMILES string of the molecule is CNc1cccc(-c2ccc(/C=C/C(=O)OC)cc2C)c1. The Labute approximate surface area is 125 Å². The van der Waals surface area contributed by atoms with Crippen LogP contribution in [0.1, 0.15) is 11.1 Å². The number of esters is 1. The molecule has 0 saturated heterocycles. The van der Waals surface area contributed by atoms with Gasteiger partial charge in [0.05, 0.1) is 7.11 Å². The van der Waals surface area contributed by atoms with Crippen molar-refractivity contribution in [2.24, 2.45) is 0 Å². The lowest BCUT2D eigenvalue weighted by molar-refractivity contribution is -0.134. The van der Waals surface area contributed by atoms with Crippen molar-refractivity contribution in [3.8, 4) is 11.1 Å². The lowest BCUT2D eigenvalue weighted by Gasteiger charge is -2.09. The van der Waals surface area contributed by atoms with Gasteiger partial charge in [0.25, 0.3) is 0 Å². The zero-order valence-corrected chi connectivity index (χ0v) is 12.5. The molecule has 0 aromatic heterocycles. The van der Waals surface area contributed by atoms with Crippen molar-refractivity contribution < 1.29 is 9.53 Å². The molecule has 0 aliphatic heterocycles. The Kier molecular flexibility index (Phi) is 4.77. The van der Waals surface area contributed by atoms with Gasteiger partial charge in [0.15, 0.2) is 0 Å². The Morgan fingerprint density at radius 2 is 2.00 bits per heavy atom. The Bertz CT molecular complexity index is 675. The maximum Gasteiger partial charge on any atom is 0.330 e. The summed E-state index contributed by atoms with van der Waals surface area (Å²) in [6, 6.07) is 14.4. The highest BCUT2D eigenvalue weighted by Gasteiger charge is 2.03. The highest BCUT2D eigenvalue weighted by Crippen LogP contribution is 2.26. The Morgan fingerprint density at radius 3 is 2.67 bits per heavy atom. The fourth-order valence-corrected chi connectivity index (χ4v) is 2.19. The van der Waals surface area contributed by atoms with Crippen molar-refractivity contribution >= 4 is 17.7 Å². The predicted octanol–water partition coefficient (Wildman–Crippen LogP) is 3.89. The standard InChI is InChI=1S/C18H19NO2/c1-13-11-14(8-10-18(20)21-3)7-9-17(13)15-5-4-6-16(12-15)19-2/h4-12,19H,1-3H3/b10-8+. The van der Waals surface area contributed by atoms with Gasteiger partial charge in [0.1, 0.15) is 0 Å². The van der Waals surface area contributed by atoms with Crippen molar-refractivity contribution in [2.75, 3.05) is 19.5 Å². The average molecular weight is 281 g/mol. The van der Waals surface area contributed by atoms with Crippen LogP contribution in [0.15, 0.2) is 48.5 Å². The number of hydrogen-bond acceptors (Lipinski definition) is 3. The van der Waals surface area contributed by atoms with Crippen LogP contribution in [0.25, 0.3) is 17.2 Å². The number of carbonyl (C=O) groups excluding carboxylic acids is 1. The molecule has 108 valence electrons. The molecule has 0 fully saturated rings. The third-order valence-corrected chi connectivity index (χ3v) is 3.33. The summed E-state index contributed by atoms with van der Waals surface area (Å²) in [5.41, 5.74) is 5.58. The van der Waals surface area contributed by atoms with Crippen LogP contribution in [0, 0.1) is 6.92 Å². The quantitative estimate of drug-likeness (QED) is 0.682. The molecule has 0 spiro atoms. The summed E-state index contributed by atoms with van der Waals surface area (Å²) >= 11 is 0. The lowest BCUT2D eigenvalue weighted by Crippen LogP contribution is -1.93. The Balaban J connectivity index is 2.30. The van der Waals surface area contributed by atoms with E-state index in [9.17, 15) is 4.79 Å². The topological polar surface area (TPSA) is 38.3 Å². The second kappa shape index (κ2) is 6.75. The molecular weight excluding hydrogens is 262 g/mol. The fraction of sp³-hybridized carbons (Fsp3) is 0.167. The lowest BCUT2D eigenvalue weighted by atomic mass is 9.98. The number of nitrogens with one attached hydrogen (secondary N) is 1. The summed E-state index contributed by atoms with van der Waals surface area (Å²) in [4.78, 5) is 11.1. The van der Waals surface area contributed by atoms with Gasteiger partial charge >= 0.3 is 5.97 Å². The highest BCUT2D eigenvalue weighted by atomic mass is 16.5. The molecule has 3 nitrogen and oxygen atoms in total. The van der Waals surface area contributed by atoms with Crippen LogP contribution in [0.4, 0.5) is 5.69 Å². The van der Waals surface area contributed by atoms with Crippen molar-refractivity contribution in [2.45, 2.75) is 6.92 Å². The van der Waals surface area contributed by atoms with Gasteiger partial charge in [-0.05, 0) is 47.4 Å². The largest absolute Gasteiger partial charge is 0.466 e. The molecule has 0 amide bonds. The first-order valence-electron chi connectivity index (χ1n) is 6.79. The van der Waals surface area contributed by atoms with Crippen LogP contribution in [0.3, 0.4) is 0 Å². The van der Waals surface area contributed by atoms with Gasteiger partial charge in [-0.1, -0.05) is 30.3 Å². The summed E-state index contributed by atoms with van der Waals surface area (Å²) < 4.78 is 4.59. The summed E-state index contributed by atoms with van der Waals surface area (Å²) in [7, 11) is 3.28. The minimum absolute atomic E-state index is 0.349. The van der Waals surface area contributed by atoms with E-state index in [4.69, 9.17) is 0 Å².